The van der Waals surface area contributed by atoms with Gasteiger partial charge in [0.2, 0.25) is 0 Å². The fraction of sp³-hybridized carbons (Fsp3) is 0.611. The molecule has 4 heterocycles. The average molecular weight is 374 g/mol. The smallest absolute Gasteiger partial charge is 0.320 e. The molecular weight excluding hydrogens is 348 g/mol. The minimum absolute atomic E-state index is 0.00574. The number of carbonyl (C=O) groups excluding carboxylic acids is 1. The third-order valence-corrected chi connectivity index (χ3v) is 5.90. The van der Waals surface area contributed by atoms with Gasteiger partial charge in [-0.25, -0.2) is 14.8 Å². The van der Waals surface area contributed by atoms with Crippen molar-refractivity contribution in [2.24, 2.45) is 5.92 Å². The standard InChI is InChI=1S/C18H26N6O3/c1-12-3-6-23(18(26)22-7-4-13(25)9-22)10-15(12)21(2)16-14-5-8-24(27)17(14)20-11-19-16/h5,8,11-13,15,25,27H,3-4,6-7,9-10H2,1-2H3. The quantitative estimate of drug-likeness (QED) is 0.761. The van der Waals surface area contributed by atoms with Gasteiger partial charge in [-0.05, 0) is 24.8 Å². The van der Waals surface area contributed by atoms with Gasteiger partial charge in [-0.3, -0.25) is 0 Å². The number of hydrogen-bond acceptors (Lipinski definition) is 6. The lowest BCUT2D eigenvalue weighted by molar-refractivity contribution is 0.124. The summed E-state index contributed by atoms with van der Waals surface area (Å²) in [5.74, 6) is 1.14. The molecular formula is C18H26N6O3. The number of carbonyl (C=O) groups is 1. The minimum atomic E-state index is -0.409. The number of aromatic nitrogens is 3. The molecule has 3 unspecified atom stereocenters. The van der Waals surface area contributed by atoms with Crippen LogP contribution in [0.15, 0.2) is 18.6 Å². The summed E-state index contributed by atoms with van der Waals surface area (Å²) >= 11 is 0. The lowest BCUT2D eigenvalue weighted by Gasteiger charge is -2.43. The maximum absolute atomic E-state index is 12.8. The normalized spacial score (nSPS) is 26.0. The van der Waals surface area contributed by atoms with Crippen molar-refractivity contribution in [2.75, 3.05) is 38.1 Å². The summed E-state index contributed by atoms with van der Waals surface area (Å²) in [5.41, 5.74) is 0.467. The van der Waals surface area contributed by atoms with E-state index in [1.807, 2.05) is 11.9 Å². The van der Waals surface area contributed by atoms with Gasteiger partial charge in [0.25, 0.3) is 0 Å². The second-order valence-electron chi connectivity index (χ2n) is 7.66. The minimum Gasteiger partial charge on any atom is -0.427 e. The Morgan fingerprint density at radius 2 is 1.96 bits per heavy atom. The first kappa shape index (κ1) is 17.8. The number of piperidine rings is 1. The number of nitrogens with zero attached hydrogens (tertiary/aromatic N) is 6. The molecule has 2 aliphatic heterocycles. The van der Waals surface area contributed by atoms with E-state index < -0.39 is 6.10 Å². The number of rotatable bonds is 2. The van der Waals surface area contributed by atoms with Crippen LogP contribution in [0.2, 0.25) is 0 Å². The van der Waals surface area contributed by atoms with E-state index in [1.54, 1.807) is 17.2 Å². The maximum Gasteiger partial charge on any atom is 0.320 e. The second-order valence-corrected chi connectivity index (χ2v) is 7.66. The summed E-state index contributed by atoms with van der Waals surface area (Å²) in [7, 11) is 1.98. The van der Waals surface area contributed by atoms with Crippen LogP contribution in [0.1, 0.15) is 19.8 Å². The molecule has 2 saturated heterocycles. The molecule has 2 aliphatic rings. The van der Waals surface area contributed by atoms with Crippen LogP contribution in [0.25, 0.3) is 11.0 Å². The van der Waals surface area contributed by atoms with Gasteiger partial charge in [0.05, 0.1) is 17.5 Å². The van der Waals surface area contributed by atoms with E-state index in [2.05, 4.69) is 21.8 Å². The van der Waals surface area contributed by atoms with E-state index in [0.29, 0.717) is 37.6 Å². The zero-order valence-electron chi connectivity index (χ0n) is 15.7. The first-order valence-corrected chi connectivity index (χ1v) is 9.41. The van der Waals surface area contributed by atoms with E-state index >= 15 is 0 Å². The van der Waals surface area contributed by atoms with Crippen molar-refractivity contribution in [3.8, 4) is 0 Å². The highest BCUT2D eigenvalue weighted by atomic mass is 16.5. The number of likely N-dealkylation sites (N-methyl/N-ethyl adjacent to an activating group) is 1. The molecule has 0 aliphatic carbocycles. The third-order valence-electron chi connectivity index (χ3n) is 5.90. The molecule has 0 spiro atoms. The van der Waals surface area contributed by atoms with Crippen molar-refractivity contribution in [1.29, 1.82) is 0 Å². The predicted octanol–water partition coefficient (Wildman–Crippen LogP) is 1.00. The van der Waals surface area contributed by atoms with E-state index in [-0.39, 0.29) is 12.1 Å². The van der Waals surface area contributed by atoms with Crippen molar-refractivity contribution in [1.82, 2.24) is 24.5 Å². The highest BCUT2D eigenvalue weighted by molar-refractivity contribution is 5.87. The Bertz CT molecular complexity index is 840. The molecule has 3 atom stereocenters. The van der Waals surface area contributed by atoms with Crippen molar-refractivity contribution in [2.45, 2.75) is 31.9 Å². The molecule has 2 aromatic rings. The van der Waals surface area contributed by atoms with Gasteiger partial charge in [0.1, 0.15) is 12.1 Å². The third kappa shape index (κ3) is 3.16. The van der Waals surface area contributed by atoms with Crippen LogP contribution in [0, 0.1) is 5.92 Å². The Hall–Kier alpha value is -2.55. The molecule has 2 aromatic heterocycles. The van der Waals surface area contributed by atoms with E-state index in [1.165, 1.54) is 6.33 Å². The lowest BCUT2D eigenvalue weighted by Crippen LogP contribution is -2.55. The van der Waals surface area contributed by atoms with Crippen LogP contribution in [-0.2, 0) is 0 Å². The molecule has 27 heavy (non-hydrogen) atoms. The van der Waals surface area contributed by atoms with Gasteiger partial charge in [0, 0.05) is 39.4 Å². The first-order chi connectivity index (χ1) is 13.0. The summed E-state index contributed by atoms with van der Waals surface area (Å²) in [6.45, 7) is 4.56. The number of amides is 2. The number of aliphatic hydroxyl groups is 1. The Labute approximate surface area is 157 Å². The number of aliphatic hydroxyl groups excluding tert-OH is 1. The molecule has 9 nitrogen and oxygen atoms in total. The van der Waals surface area contributed by atoms with Crippen LogP contribution >= 0.6 is 0 Å². The van der Waals surface area contributed by atoms with Gasteiger partial charge >= 0.3 is 6.03 Å². The number of likely N-dealkylation sites (tertiary alicyclic amines) is 2. The second kappa shape index (κ2) is 6.88. The zero-order chi connectivity index (χ0) is 19.1. The monoisotopic (exact) mass is 374 g/mol. The van der Waals surface area contributed by atoms with E-state index in [9.17, 15) is 15.1 Å². The van der Waals surface area contributed by atoms with E-state index in [4.69, 9.17) is 0 Å². The molecule has 0 bridgehead atoms. The molecule has 0 aromatic carbocycles. The molecule has 0 radical (unpaired) electrons. The number of anilines is 1. The highest BCUT2D eigenvalue weighted by Crippen LogP contribution is 2.29. The van der Waals surface area contributed by atoms with Crippen LogP contribution in [0.3, 0.4) is 0 Å². The molecule has 146 valence electrons. The Morgan fingerprint density at radius 3 is 2.70 bits per heavy atom. The zero-order valence-corrected chi connectivity index (χ0v) is 15.7. The van der Waals surface area contributed by atoms with Crippen LogP contribution < -0.4 is 4.90 Å². The fourth-order valence-electron chi connectivity index (χ4n) is 4.21. The number of urea groups is 1. The number of fused-ring (bicyclic) bond motifs is 1. The van der Waals surface area contributed by atoms with Crippen LogP contribution in [-0.4, -0.2) is 86.2 Å². The molecule has 4 rings (SSSR count). The number of β-amino-alcohol motifs (C(OH)–C–C–N with tert-alkyl or cyclic N) is 1. The van der Waals surface area contributed by atoms with Gasteiger partial charge in [-0.1, -0.05) is 6.92 Å². The van der Waals surface area contributed by atoms with Crippen molar-refractivity contribution in [3.05, 3.63) is 18.6 Å². The molecule has 2 fully saturated rings. The Kier molecular flexibility index (Phi) is 4.55. The first-order valence-electron chi connectivity index (χ1n) is 9.41. The summed E-state index contributed by atoms with van der Waals surface area (Å²) in [6, 6.07) is 1.91. The molecule has 9 heteroatoms. The van der Waals surface area contributed by atoms with Gasteiger partial charge in [0.15, 0.2) is 5.65 Å². The topological polar surface area (TPSA) is 98.0 Å². The summed E-state index contributed by atoms with van der Waals surface area (Å²) in [6.07, 6.45) is 4.15. The van der Waals surface area contributed by atoms with Gasteiger partial charge in [-0.2, -0.15) is 4.73 Å². The van der Waals surface area contributed by atoms with Crippen LogP contribution in [0.4, 0.5) is 10.6 Å². The number of hydrogen-bond donors (Lipinski definition) is 2. The van der Waals surface area contributed by atoms with Crippen molar-refractivity contribution in [3.63, 3.8) is 0 Å². The maximum atomic E-state index is 12.8. The predicted molar refractivity (Wildman–Crippen MR) is 99.9 cm³/mol. The summed E-state index contributed by atoms with van der Waals surface area (Å²) < 4.78 is 0.993. The fourth-order valence-corrected chi connectivity index (χ4v) is 4.21. The summed E-state index contributed by atoms with van der Waals surface area (Å²) in [4.78, 5) is 27.1. The highest BCUT2D eigenvalue weighted by Gasteiger charge is 2.36. The van der Waals surface area contributed by atoms with E-state index in [0.717, 1.165) is 28.9 Å². The molecule has 2 N–H and O–H groups in total. The van der Waals surface area contributed by atoms with Crippen molar-refractivity contribution >= 4 is 22.9 Å². The lowest BCUT2D eigenvalue weighted by atomic mass is 9.92. The SMILES string of the molecule is CC1CCN(C(=O)N2CCC(O)C2)CC1N(C)c1ncnc2c1ccn2O. The van der Waals surface area contributed by atoms with Gasteiger partial charge < -0.3 is 25.0 Å². The summed E-state index contributed by atoms with van der Waals surface area (Å²) in [5, 5.41) is 20.4. The molecule has 2 amide bonds. The van der Waals surface area contributed by atoms with Crippen LogP contribution in [0.5, 0.6) is 0 Å². The Balaban J connectivity index is 1.55. The van der Waals surface area contributed by atoms with Gasteiger partial charge in [-0.15, -0.1) is 0 Å². The largest absolute Gasteiger partial charge is 0.427 e. The molecule has 0 saturated carbocycles. The van der Waals surface area contributed by atoms with Crippen molar-refractivity contribution < 1.29 is 15.1 Å². The Morgan fingerprint density at radius 1 is 1.22 bits per heavy atom. The average Bonchev–Trinajstić information content (AvgIpc) is 3.27.